The fourth-order valence-corrected chi connectivity index (χ4v) is 7.43. The molecule has 0 atom stereocenters. The van der Waals surface area contributed by atoms with Gasteiger partial charge in [0, 0.05) is 5.56 Å². The van der Waals surface area contributed by atoms with Crippen LogP contribution in [0.3, 0.4) is 0 Å². The molecule has 1 heterocycles. The van der Waals surface area contributed by atoms with E-state index >= 15 is 0 Å². The van der Waals surface area contributed by atoms with Gasteiger partial charge in [-0.2, -0.15) is 0 Å². The molecule has 0 saturated heterocycles. The first-order valence-electron chi connectivity index (χ1n) is 11.9. The van der Waals surface area contributed by atoms with Crippen molar-refractivity contribution in [2.24, 2.45) is 0 Å². The van der Waals surface area contributed by atoms with Gasteiger partial charge in [-0.1, -0.05) is 62.4 Å². The summed E-state index contributed by atoms with van der Waals surface area (Å²) in [6, 6.07) is 34.4. The molecule has 0 aliphatic rings. The third-order valence-electron chi connectivity index (χ3n) is 6.57. The van der Waals surface area contributed by atoms with Crippen LogP contribution in [0.25, 0.3) is 22.6 Å². The molecule has 0 saturated carbocycles. The number of aromatic nitrogens is 1. The maximum Gasteiger partial charge on any atom is 0.238 e. The Morgan fingerprint density at radius 3 is 1.91 bits per heavy atom. The van der Waals surface area contributed by atoms with E-state index in [-0.39, 0.29) is 0 Å². The van der Waals surface area contributed by atoms with Crippen LogP contribution in [0.1, 0.15) is 38.2 Å². The Morgan fingerprint density at radius 1 is 0.735 bits per heavy atom. The monoisotopic (exact) mass is 466 g/mol. The van der Waals surface area contributed by atoms with Crippen LogP contribution in [0.4, 0.5) is 0 Å². The molecule has 0 fully saturated rings. The lowest BCUT2D eigenvalue weighted by molar-refractivity contribution is 0.617. The number of benzene rings is 4. The number of rotatable bonds is 7. The van der Waals surface area contributed by atoms with E-state index in [2.05, 4.69) is 32.0 Å². The highest BCUT2D eigenvalue weighted by atomic mass is 31.2. The van der Waals surface area contributed by atoms with Gasteiger partial charge < -0.3 is 4.42 Å². The van der Waals surface area contributed by atoms with Crippen molar-refractivity contribution in [2.75, 3.05) is 0 Å². The lowest BCUT2D eigenvalue weighted by Crippen LogP contribution is -2.31. The van der Waals surface area contributed by atoms with Crippen molar-refractivity contribution < 1.29 is 9.31 Å². The molecule has 5 rings (SSSR count). The van der Waals surface area contributed by atoms with E-state index in [1.807, 2.05) is 84.9 Å². The molecule has 4 aromatic carbocycles. The quantitative estimate of drug-likeness (QED) is 0.275. The summed E-state index contributed by atoms with van der Waals surface area (Å²) in [5.74, 6) is 0.978. The van der Waals surface area contributed by atoms with Crippen LogP contribution in [0.5, 0.6) is 0 Å². The molecule has 0 aliphatic carbocycles. The second-order valence-corrected chi connectivity index (χ2v) is 11.4. The minimum absolute atomic E-state index is 0.392. The Morgan fingerprint density at radius 2 is 1.32 bits per heavy atom. The van der Waals surface area contributed by atoms with Crippen LogP contribution < -0.4 is 15.9 Å². The topological polar surface area (TPSA) is 46.3 Å². The zero-order valence-electron chi connectivity index (χ0n) is 19.6. The lowest BCUT2D eigenvalue weighted by atomic mass is 9.93. The van der Waals surface area contributed by atoms with E-state index in [4.69, 9.17) is 9.40 Å². The summed E-state index contributed by atoms with van der Waals surface area (Å²) in [6.07, 6.45) is 2.06. The van der Waals surface area contributed by atoms with Crippen molar-refractivity contribution in [3.05, 3.63) is 109 Å². The van der Waals surface area contributed by atoms with Crippen LogP contribution in [-0.2, 0) is 0 Å². The Balaban J connectivity index is 1.77. The summed E-state index contributed by atoms with van der Waals surface area (Å²) in [4.78, 5) is 17.3. The Hall–Kier alpha value is -3.26. The van der Waals surface area contributed by atoms with Crippen molar-refractivity contribution in [2.45, 2.75) is 32.6 Å². The molecule has 5 aromatic rings. The SMILES string of the molecule is CCC(CC)c1cc(-c2nc3ccccc3o2)cc([P+](O)(c2ccccc2)c2ccccc2)c1. The highest BCUT2D eigenvalue weighted by Crippen LogP contribution is 2.51. The standard InChI is InChI=1S/C30H29NO2P/c1-3-22(4-2)23-19-24(30-31-28-17-11-12-18-29(28)33-30)21-27(20-23)34(32,25-13-7-5-8-14-25)26-15-9-6-10-16-26/h5-22,32H,3-4H2,1-2H3/q+1. The Kier molecular flexibility index (Phi) is 6.32. The fourth-order valence-electron chi connectivity index (χ4n) is 4.67. The summed E-state index contributed by atoms with van der Waals surface area (Å²) in [6.45, 7) is 4.44. The van der Waals surface area contributed by atoms with Gasteiger partial charge in [-0.05, 0) is 78.9 Å². The average Bonchev–Trinajstić information content (AvgIpc) is 3.34. The minimum Gasteiger partial charge on any atom is -0.436 e. The predicted octanol–water partition coefficient (Wildman–Crippen LogP) is 6.60. The first-order chi connectivity index (χ1) is 16.6. The molecule has 0 aliphatic heterocycles. The molecule has 0 amide bonds. The summed E-state index contributed by atoms with van der Waals surface area (Å²) in [5.41, 5.74) is 3.72. The van der Waals surface area contributed by atoms with E-state index in [9.17, 15) is 4.89 Å². The molecule has 0 spiro atoms. The Labute approximate surface area is 201 Å². The molecular formula is C30H29NO2P+. The van der Waals surface area contributed by atoms with Crippen molar-refractivity contribution in [3.8, 4) is 11.5 Å². The van der Waals surface area contributed by atoms with E-state index in [0.717, 1.165) is 45.4 Å². The van der Waals surface area contributed by atoms with Crippen molar-refractivity contribution >= 4 is 34.5 Å². The molecule has 34 heavy (non-hydrogen) atoms. The van der Waals surface area contributed by atoms with Crippen LogP contribution in [0.2, 0.25) is 0 Å². The van der Waals surface area contributed by atoms with Gasteiger partial charge in [-0.3, -0.25) is 0 Å². The Bertz CT molecular complexity index is 1320. The van der Waals surface area contributed by atoms with Gasteiger partial charge in [0.05, 0.1) is 0 Å². The van der Waals surface area contributed by atoms with Crippen LogP contribution in [0, 0.1) is 0 Å². The van der Waals surface area contributed by atoms with E-state index in [0.29, 0.717) is 11.8 Å². The first-order valence-corrected chi connectivity index (χ1v) is 13.6. The maximum absolute atomic E-state index is 12.5. The number of fused-ring (bicyclic) bond motifs is 1. The highest BCUT2D eigenvalue weighted by molar-refractivity contribution is 7.91. The third kappa shape index (κ3) is 4.07. The third-order valence-corrected chi connectivity index (χ3v) is 9.67. The zero-order chi connectivity index (χ0) is 23.5. The molecule has 170 valence electrons. The molecule has 0 bridgehead atoms. The lowest BCUT2D eigenvalue weighted by Gasteiger charge is -2.22. The number of nitrogens with zero attached hydrogens (tertiary/aromatic N) is 1. The maximum atomic E-state index is 12.5. The fraction of sp³-hybridized carbons (Fsp3) is 0.167. The van der Waals surface area contributed by atoms with Gasteiger partial charge in [0.15, 0.2) is 5.58 Å². The molecule has 4 heteroatoms. The number of hydrogen-bond donors (Lipinski definition) is 1. The van der Waals surface area contributed by atoms with Crippen LogP contribution in [-0.4, -0.2) is 9.88 Å². The predicted molar refractivity (Wildman–Crippen MR) is 144 cm³/mol. The summed E-state index contributed by atoms with van der Waals surface area (Å²) in [7, 11) is -2.87. The van der Waals surface area contributed by atoms with E-state index in [1.165, 1.54) is 5.56 Å². The number of hydrogen-bond acceptors (Lipinski definition) is 3. The van der Waals surface area contributed by atoms with Crippen molar-refractivity contribution in [1.82, 2.24) is 4.98 Å². The zero-order valence-corrected chi connectivity index (χ0v) is 20.5. The number of para-hydroxylation sites is 2. The van der Waals surface area contributed by atoms with Crippen LogP contribution in [0.15, 0.2) is 108 Å². The summed E-state index contributed by atoms with van der Waals surface area (Å²) < 4.78 is 6.15. The molecule has 0 radical (unpaired) electrons. The van der Waals surface area contributed by atoms with E-state index in [1.54, 1.807) is 0 Å². The molecule has 3 nitrogen and oxygen atoms in total. The molecule has 1 N–H and O–H groups in total. The molecule has 1 aromatic heterocycles. The molecule has 0 unspecified atom stereocenters. The highest BCUT2D eigenvalue weighted by Gasteiger charge is 2.45. The normalized spacial score (nSPS) is 11.9. The smallest absolute Gasteiger partial charge is 0.238 e. The van der Waals surface area contributed by atoms with Crippen LogP contribution >= 0.6 is 7.49 Å². The van der Waals surface area contributed by atoms with Gasteiger partial charge in [0.25, 0.3) is 0 Å². The second kappa shape index (κ2) is 9.54. The minimum atomic E-state index is -2.87. The second-order valence-electron chi connectivity index (χ2n) is 8.62. The first kappa shape index (κ1) is 22.5. The van der Waals surface area contributed by atoms with Gasteiger partial charge in [-0.15, -0.1) is 0 Å². The van der Waals surface area contributed by atoms with Gasteiger partial charge in [-0.25, -0.2) is 9.88 Å². The van der Waals surface area contributed by atoms with E-state index < -0.39 is 7.49 Å². The molecular weight excluding hydrogens is 437 g/mol. The van der Waals surface area contributed by atoms with Gasteiger partial charge in [0.1, 0.15) is 21.4 Å². The largest absolute Gasteiger partial charge is 0.436 e. The number of oxazole rings is 1. The summed E-state index contributed by atoms with van der Waals surface area (Å²) in [5, 5.41) is 2.80. The van der Waals surface area contributed by atoms with Crippen molar-refractivity contribution in [1.29, 1.82) is 0 Å². The average molecular weight is 467 g/mol. The summed E-state index contributed by atoms with van der Waals surface area (Å²) >= 11 is 0. The van der Waals surface area contributed by atoms with Crippen molar-refractivity contribution in [3.63, 3.8) is 0 Å². The van der Waals surface area contributed by atoms with Gasteiger partial charge >= 0.3 is 0 Å². The van der Waals surface area contributed by atoms with Gasteiger partial charge in [0.2, 0.25) is 13.4 Å².